The summed E-state index contributed by atoms with van der Waals surface area (Å²) in [6.07, 6.45) is 2.08. The molecular weight excluding hydrogens is 370 g/mol. The van der Waals surface area contributed by atoms with Gasteiger partial charge in [0.1, 0.15) is 12.1 Å². The van der Waals surface area contributed by atoms with Gasteiger partial charge in [0.05, 0.1) is 0 Å². The molecule has 0 aliphatic carbocycles. The Balaban J connectivity index is 1.75. The number of carbonyl (C=O) groups is 3. The predicted molar refractivity (Wildman–Crippen MR) is 108 cm³/mol. The minimum absolute atomic E-state index is 0.120. The lowest BCUT2D eigenvalue weighted by molar-refractivity contribution is -0.142. The summed E-state index contributed by atoms with van der Waals surface area (Å²) in [5, 5.41) is 15.7. The van der Waals surface area contributed by atoms with Gasteiger partial charge in [-0.2, -0.15) is 0 Å². The summed E-state index contributed by atoms with van der Waals surface area (Å²) in [4.78, 5) is 39.2. The van der Waals surface area contributed by atoms with E-state index in [2.05, 4.69) is 21.7 Å². The van der Waals surface area contributed by atoms with Crippen LogP contribution in [0.25, 0.3) is 10.9 Å². The van der Waals surface area contributed by atoms with Crippen LogP contribution in [-0.2, 0) is 27.2 Å². The molecule has 7 nitrogen and oxygen atoms in total. The lowest BCUT2D eigenvalue weighted by atomic mass is 10.0. The highest BCUT2D eigenvalue weighted by molar-refractivity contribution is 5.91. The van der Waals surface area contributed by atoms with E-state index in [4.69, 9.17) is 0 Å². The number of rotatable bonds is 8. The number of fused-ring (bicyclic) bond motifs is 1. The number of amides is 2. The molecule has 0 spiro atoms. The lowest BCUT2D eigenvalue weighted by Crippen LogP contribution is -2.52. The number of aliphatic carboxylic acids is 1. The standard InChI is InChI=1S/C22H22N3O4/c1-14(26)24-19(11-15-7-3-2-4-8-15)21(27)25-20(22(28)29)12-16-13-23-18-10-6-5-9-17(16)18/h2-7,9-10,13,19-20,23H,11-12H2,1H3,(H,24,26)(H,25,27)(H,28,29)/t19?,20-/m0/s1. The van der Waals surface area contributed by atoms with Gasteiger partial charge in [-0.05, 0) is 23.3 Å². The topological polar surface area (TPSA) is 111 Å². The monoisotopic (exact) mass is 392 g/mol. The highest BCUT2D eigenvalue weighted by atomic mass is 16.4. The van der Waals surface area contributed by atoms with Crippen molar-refractivity contribution in [3.8, 4) is 0 Å². The number of aromatic nitrogens is 1. The molecule has 0 saturated heterocycles. The maximum atomic E-state index is 12.8. The van der Waals surface area contributed by atoms with Gasteiger partial charge < -0.3 is 20.7 Å². The number of para-hydroxylation sites is 1. The van der Waals surface area contributed by atoms with Crippen LogP contribution in [-0.4, -0.2) is 40.0 Å². The predicted octanol–water partition coefficient (Wildman–Crippen LogP) is 1.83. The van der Waals surface area contributed by atoms with Gasteiger partial charge in [0.15, 0.2) is 0 Å². The molecule has 0 aliphatic rings. The van der Waals surface area contributed by atoms with Crippen molar-refractivity contribution in [1.29, 1.82) is 0 Å². The number of carbonyl (C=O) groups excluding carboxylic acids is 2. The normalized spacial score (nSPS) is 12.9. The van der Waals surface area contributed by atoms with E-state index >= 15 is 0 Å². The summed E-state index contributed by atoms with van der Waals surface area (Å²) in [6.45, 7) is 1.32. The summed E-state index contributed by atoms with van der Waals surface area (Å²) < 4.78 is 0. The summed E-state index contributed by atoms with van der Waals surface area (Å²) in [7, 11) is 0. The zero-order valence-electron chi connectivity index (χ0n) is 15.9. The molecular formula is C22H22N3O4. The van der Waals surface area contributed by atoms with Crippen LogP contribution in [0.2, 0.25) is 0 Å². The van der Waals surface area contributed by atoms with Gasteiger partial charge in [-0.1, -0.05) is 42.5 Å². The maximum absolute atomic E-state index is 12.8. The molecule has 2 aromatic carbocycles. The molecule has 0 aliphatic heterocycles. The van der Waals surface area contributed by atoms with E-state index < -0.39 is 24.0 Å². The van der Waals surface area contributed by atoms with Crippen LogP contribution in [0.3, 0.4) is 0 Å². The van der Waals surface area contributed by atoms with E-state index in [0.717, 1.165) is 22.0 Å². The van der Waals surface area contributed by atoms with Crippen LogP contribution in [0.5, 0.6) is 0 Å². The first kappa shape index (κ1) is 20.1. The zero-order chi connectivity index (χ0) is 20.8. The first-order valence-corrected chi connectivity index (χ1v) is 9.25. The molecule has 0 fully saturated rings. The molecule has 3 aromatic rings. The molecule has 2 amide bonds. The second-order valence-corrected chi connectivity index (χ2v) is 6.81. The molecule has 2 atom stereocenters. The highest BCUT2D eigenvalue weighted by Crippen LogP contribution is 2.19. The van der Waals surface area contributed by atoms with Crippen LogP contribution in [0.15, 0.2) is 54.7 Å². The molecule has 29 heavy (non-hydrogen) atoms. The van der Waals surface area contributed by atoms with Crippen molar-refractivity contribution in [3.63, 3.8) is 0 Å². The second-order valence-electron chi connectivity index (χ2n) is 6.81. The largest absolute Gasteiger partial charge is 0.480 e. The molecule has 3 rings (SSSR count). The first-order valence-electron chi connectivity index (χ1n) is 9.25. The number of carboxylic acid groups (broad SMARTS) is 1. The minimum Gasteiger partial charge on any atom is -0.480 e. The van der Waals surface area contributed by atoms with Crippen molar-refractivity contribution in [3.05, 3.63) is 71.9 Å². The van der Waals surface area contributed by atoms with Gasteiger partial charge in [0.25, 0.3) is 0 Å². The van der Waals surface area contributed by atoms with Gasteiger partial charge in [-0.15, -0.1) is 0 Å². The fourth-order valence-electron chi connectivity index (χ4n) is 3.22. The average molecular weight is 392 g/mol. The number of H-pyrrole nitrogens is 1. The van der Waals surface area contributed by atoms with Gasteiger partial charge in [-0.3, -0.25) is 9.59 Å². The van der Waals surface area contributed by atoms with Gasteiger partial charge in [0, 0.05) is 36.9 Å². The van der Waals surface area contributed by atoms with Crippen molar-refractivity contribution in [2.24, 2.45) is 0 Å². The molecule has 1 unspecified atom stereocenters. The third kappa shape index (κ3) is 5.22. The van der Waals surface area contributed by atoms with Crippen molar-refractivity contribution >= 4 is 28.7 Å². The molecule has 1 aromatic heterocycles. The minimum atomic E-state index is -1.14. The Morgan fingerprint density at radius 1 is 1.03 bits per heavy atom. The van der Waals surface area contributed by atoms with Crippen LogP contribution in [0, 0.1) is 6.07 Å². The van der Waals surface area contributed by atoms with Crippen molar-refractivity contribution < 1.29 is 19.5 Å². The van der Waals surface area contributed by atoms with E-state index in [1.807, 2.05) is 30.3 Å². The lowest BCUT2D eigenvalue weighted by Gasteiger charge is -2.21. The Hall–Kier alpha value is -3.61. The van der Waals surface area contributed by atoms with Gasteiger partial charge in [0.2, 0.25) is 11.8 Å². The Bertz CT molecular complexity index is 1010. The van der Waals surface area contributed by atoms with Crippen molar-refractivity contribution in [2.45, 2.75) is 31.8 Å². The van der Waals surface area contributed by atoms with E-state index in [1.165, 1.54) is 6.92 Å². The number of benzene rings is 2. The molecule has 0 saturated carbocycles. The summed E-state index contributed by atoms with van der Waals surface area (Å²) >= 11 is 0. The van der Waals surface area contributed by atoms with Crippen molar-refractivity contribution in [2.75, 3.05) is 0 Å². The third-order valence-corrected chi connectivity index (χ3v) is 4.61. The Morgan fingerprint density at radius 2 is 1.79 bits per heavy atom. The molecule has 7 heteroatoms. The molecule has 4 N–H and O–H groups in total. The van der Waals surface area contributed by atoms with Crippen molar-refractivity contribution in [1.82, 2.24) is 15.6 Å². The van der Waals surface area contributed by atoms with Crippen LogP contribution in [0.1, 0.15) is 18.1 Å². The highest BCUT2D eigenvalue weighted by Gasteiger charge is 2.27. The summed E-state index contributed by atoms with van der Waals surface area (Å²) in [5.74, 6) is -2.06. The molecule has 1 heterocycles. The number of aromatic amines is 1. The van der Waals surface area contributed by atoms with E-state index in [0.29, 0.717) is 0 Å². The second kappa shape index (κ2) is 9.05. The number of hydrogen-bond acceptors (Lipinski definition) is 3. The average Bonchev–Trinajstić information content (AvgIpc) is 3.10. The quantitative estimate of drug-likeness (QED) is 0.469. The maximum Gasteiger partial charge on any atom is 0.326 e. The molecule has 1 radical (unpaired) electrons. The zero-order valence-corrected chi connectivity index (χ0v) is 15.9. The smallest absolute Gasteiger partial charge is 0.326 e. The SMILES string of the molecule is CC(=O)NC(Cc1[c]cccc1)C(=O)N[C@@H](Cc1c[nH]c2ccccc12)C(=O)O. The van der Waals surface area contributed by atoms with Crippen LogP contribution < -0.4 is 10.6 Å². The molecule has 0 bridgehead atoms. The van der Waals surface area contributed by atoms with E-state index in [-0.39, 0.29) is 18.7 Å². The Labute approximate surface area is 168 Å². The molecule has 149 valence electrons. The van der Waals surface area contributed by atoms with E-state index in [1.54, 1.807) is 24.4 Å². The third-order valence-electron chi connectivity index (χ3n) is 4.61. The number of hydrogen-bond donors (Lipinski definition) is 4. The number of carboxylic acids is 1. The van der Waals surface area contributed by atoms with Crippen LogP contribution in [0.4, 0.5) is 0 Å². The van der Waals surface area contributed by atoms with E-state index in [9.17, 15) is 19.5 Å². The first-order chi connectivity index (χ1) is 13.9. The van der Waals surface area contributed by atoms with Gasteiger partial charge in [-0.25, -0.2) is 4.79 Å². The summed E-state index contributed by atoms with van der Waals surface area (Å²) in [6, 6.07) is 15.7. The Kier molecular flexibility index (Phi) is 6.29. The van der Waals surface area contributed by atoms with Crippen LogP contribution >= 0.6 is 0 Å². The van der Waals surface area contributed by atoms with Gasteiger partial charge >= 0.3 is 5.97 Å². The summed E-state index contributed by atoms with van der Waals surface area (Å²) in [5.41, 5.74) is 2.43. The fourth-order valence-corrected chi connectivity index (χ4v) is 3.22. The fraction of sp³-hybridized carbons (Fsp3) is 0.227. The number of nitrogens with one attached hydrogen (secondary N) is 3. The Morgan fingerprint density at radius 3 is 2.48 bits per heavy atom.